The number of methoxy groups -OCH3 is 2. The first kappa shape index (κ1) is 25.1. The lowest BCUT2D eigenvalue weighted by atomic mass is 10.1. The first-order valence-electron chi connectivity index (χ1n) is 10.7. The molecule has 3 aromatic carbocycles. The van der Waals surface area contributed by atoms with Gasteiger partial charge in [0.1, 0.15) is 22.2 Å². The number of benzene rings is 3. The van der Waals surface area contributed by atoms with E-state index in [2.05, 4.69) is 10.6 Å². The van der Waals surface area contributed by atoms with Gasteiger partial charge in [0.2, 0.25) is 0 Å². The van der Waals surface area contributed by atoms with Crippen LogP contribution in [0.3, 0.4) is 0 Å². The Morgan fingerprint density at radius 2 is 1.61 bits per heavy atom. The van der Waals surface area contributed by atoms with E-state index in [0.29, 0.717) is 39.1 Å². The van der Waals surface area contributed by atoms with Gasteiger partial charge in [0.25, 0.3) is 17.7 Å². The van der Waals surface area contributed by atoms with E-state index in [1.807, 2.05) is 0 Å². The SMILES string of the molecule is COc1ccc(N2C(=O)C(Cl)=C(Nc3cc(C(=O)Nc4ccc(OC)c(Cl)c4)ccc3C)C2=O)cc1. The Morgan fingerprint density at radius 3 is 2.25 bits per heavy atom. The van der Waals surface area contributed by atoms with Crippen molar-refractivity contribution in [2.24, 2.45) is 0 Å². The topological polar surface area (TPSA) is 97.0 Å². The number of hydrogen-bond acceptors (Lipinski definition) is 6. The second-order valence-corrected chi connectivity index (χ2v) is 8.58. The van der Waals surface area contributed by atoms with Crippen molar-refractivity contribution < 1.29 is 23.9 Å². The first-order valence-corrected chi connectivity index (χ1v) is 11.4. The number of amides is 3. The van der Waals surface area contributed by atoms with Gasteiger partial charge in [-0.2, -0.15) is 0 Å². The molecule has 0 bridgehead atoms. The molecule has 4 rings (SSSR count). The number of halogens is 2. The molecule has 2 N–H and O–H groups in total. The molecule has 0 saturated heterocycles. The third-order valence-electron chi connectivity index (χ3n) is 5.53. The summed E-state index contributed by atoms with van der Waals surface area (Å²) in [5, 5.41) is 5.81. The predicted molar refractivity (Wildman–Crippen MR) is 139 cm³/mol. The number of aryl methyl sites for hydroxylation is 1. The van der Waals surface area contributed by atoms with Gasteiger partial charge < -0.3 is 20.1 Å². The normalized spacial score (nSPS) is 13.2. The molecule has 0 saturated carbocycles. The van der Waals surface area contributed by atoms with Crippen LogP contribution in [0.4, 0.5) is 17.1 Å². The summed E-state index contributed by atoms with van der Waals surface area (Å²) in [6.07, 6.45) is 0. The Hall–Kier alpha value is -4.01. The molecule has 1 heterocycles. The van der Waals surface area contributed by atoms with E-state index in [4.69, 9.17) is 32.7 Å². The zero-order valence-corrected chi connectivity index (χ0v) is 21.0. The molecule has 0 fully saturated rings. The molecule has 184 valence electrons. The molecule has 1 aliphatic rings. The highest BCUT2D eigenvalue weighted by Gasteiger charge is 2.39. The number of carbonyl (C=O) groups excluding carboxylic acids is 3. The summed E-state index contributed by atoms with van der Waals surface area (Å²) in [5.41, 5.74) is 2.25. The van der Waals surface area contributed by atoms with Crippen LogP contribution in [-0.2, 0) is 9.59 Å². The van der Waals surface area contributed by atoms with Crippen molar-refractivity contribution in [2.75, 3.05) is 29.8 Å². The summed E-state index contributed by atoms with van der Waals surface area (Å²) in [5.74, 6) is -0.596. The van der Waals surface area contributed by atoms with Crippen molar-refractivity contribution in [2.45, 2.75) is 6.92 Å². The van der Waals surface area contributed by atoms with Gasteiger partial charge in [-0.25, -0.2) is 4.90 Å². The molecule has 8 nitrogen and oxygen atoms in total. The highest BCUT2D eigenvalue weighted by molar-refractivity contribution is 6.53. The number of imide groups is 1. The second kappa shape index (κ2) is 10.3. The molecule has 36 heavy (non-hydrogen) atoms. The van der Waals surface area contributed by atoms with Gasteiger partial charge in [-0.3, -0.25) is 14.4 Å². The van der Waals surface area contributed by atoms with Crippen molar-refractivity contribution in [3.63, 3.8) is 0 Å². The van der Waals surface area contributed by atoms with Crippen LogP contribution in [0.1, 0.15) is 15.9 Å². The van der Waals surface area contributed by atoms with E-state index in [9.17, 15) is 14.4 Å². The van der Waals surface area contributed by atoms with Crippen LogP contribution in [0.2, 0.25) is 5.02 Å². The van der Waals surface area contributed by atoms with Gasteiger partial charge in [0.15, 0.2) is 0 Å². The van der Waals surface area contributed by atoms with E-state index in [-0.39, 0.29) is 10.7 Å². The molecule has 3 aromatic rings. The van der Waals surface area contributed by atoms with Crippen LogP contribution in [-0.4, -0.2) is 31.9 Å². The van der Waals surface area contributed by atoms with Crippen LogP contribution >= 0.6 is 23.2 Å². The maximum atomic E-state index is 13.1. The summed E-state index contributed by atoms with van der Waals surface area (Å²) in [6, 6.07) is 16.3. The molecule has 10 heteroatoms. The molecule has 0 aliphatic carbocycles. The number of ether oxygens (including phenoxy) is 2. The fourth-order valence-corrected chi connectivity index (χ4v) is 4.03. The van der Waals surface area contributed by atoms with Crippen LogP contribution in [0.5, 0.6) is 11.5 Å². The summed E-state index contributed by atoms with van der Waals surface area (Å²) in [4.78, 5) is 39.7. The minimum absolute atomic E-state index is 0.0833. The Labute approximate surface area is 217 Å². The fourth-order valence-electron chi connectivity index (χ4n) is 3.56. The number of nitrogens with one attached hydrogen (secondary N) is 2. The lowest BCUT2D eigenvalue weighted by Gasteiger charge is -2.16. The van der Waals surface area contributed by atoms with Crippen LogP contribution < -0.4 is 25.0 Å². The Bertz CT molecular complexity index is 1400. The van der Waals surface area contributed by atoms with Crippen molar-refractivity contribution in [1.29, 1.82) is 0 Å². The molecule has 0 aromatic heterocycles. The maximum absolute atomic E-state index is 13.1. The van der Waals surface area contributed by atoms with Crippen LogP contribution in [0, 0.1) is 6.92 Å². The van der Waals surface area contributed by atoms with E-state index in [1.165, 1.54) is 14.2 Å². The Balaban J connectivity index is 1.55. The Kier molecular flexibility index (Phi) is 7.19. The van der Waals surface area contributed by atoms with Gasteiger partial charge >= 0.3 is 0 Å². The number of rotatable bonds is 7. The molecular formula is C26H21Cl2N3O5. The van der Waals surface area contributed by atoms with Crippen molar-refractivity contribution in [3.05, 3.63) is 87.5 Å². The van der Waals surface area contributed by atoms with Gasteiger partial charge in [-0.05, 0) is 67.1 Å². The van der Waals surface area contributed by atoms with Crippen LogP contribution in [0.15, 0.2) is 71.4 Å². The standard InChI is InChI=1S/C26H21Cl2N3O5/c1-14-4-5-15(24(32)29-16-6-11-21(36-3)19(27)13-16)12-20(14)30-23-22(28)25(33)31(26(23)34)17-7-9-18(35-2)10-8-17/h4-13,30H,1-3H3,(H,29,32). The smallest absolute Gasteiger partial charge is 0.283 e. The van der Waals surface area contributed by atoms with E-state index >= 15 is 0 Å². The number of carbonyl (C=O) groups is 3. The minimum Gasteiger partial charge on any atom is -0.497 e. The van der Waals surface area contributed by atoms with E-state index < -0.39 is 17.7 Å². The molecule has 0 radical (unpaired) electrons. The van der Waals surface area contributed by atoms with Gasteiger partial charge in [-0.15, -0.1) is 0 Å². The first-order chi connectivity index (χ1) is 17.2. The third kappa shape index (κ3) is 4.86. The monoisotopic (exact) mass is 525 g/mol. The Morgan fingerprint density at radius 1 is 0.889 bits per heavy atom. The molecule has 1 aliphatic heterocycles. The average Bonchev–Trinajstić information content (AvgIpc) is 3.08. The molecule has 0 unspecified atom stereocenters. The number of anilines is 3. The van der Waals surface area contributed by atoms with Gasteiger partial charge in [0, 0.05) is 16.9 Å². The highest BCUT2D eigenvalue weighted by atomic mass is 35.5. The fraction of sp³-hybridized carbons (Fsp3) is 0.115. The van der Waals surface area contributed by atoms with Gasteiger partial charge in [0.05, 0.1) is 24.9 Å². The lowest BCUT2D eigenvalue weighted by Crippen LogP contribution is -2.32. The zero-order valence-electron chi connectivity index (χ0n) is 19.5. The van der Waals surface area contributed by atoms with Crippen molar-refractivity contribution >= 4 is 58.0 Å². The minimum atomic E-state index is -0.655. The largest absolute Gasteiger partial charge is 0.497 e. The summed E-state index contributed by atoms with van der Waals surface area (Å²) >= 11 is 12.4. The van der Waals surface area contributed by atoms with Crippen LogP contribution in [0.25, 0.3) is 0 Å². The molecular weight excluding hydrogens is 505 g/mol. The summed E-state index contributed by atoms with van der Waals surface area (Å²) in [7, 11) is 3.02. The third-order valence-corrected chi connectivity index (χ3v) is 6.17. The van der Waals surface area contributed by atoms with Gasteiger partial charge in [-0.1, -0.05) is 29.3 Å². The molecule has 3 amide bonds. The number of nitrogens with zero attached hydrogens (tertiary/aromatic N) is 1. The van der Waals surface area contributed by atoms with Crippen molar-refractivity contribution in [3.8, 4) is 11.5 Å². The molecule has 0 spiro atoms. The maximum Gasteiger partial charge on any atom is 0.283 e. The van der Waals surface area contributed by atoms with Crippen molar-refractivity contribution in [1.82, 2.24) is 0 Å². The van der Waals surface area contributed by atoms with E-state index in [1.54, 1.807) is 67.6 Å². The number of hydrogen-bond donors (Lipinski definition) is 2. The highest BCUT2D eigenvalue weighted by Crippen LogP contribution is 2.32. The summed E-state index contributed by atoms with van der Waals surface area (Å²) < 4.78 is 10.2. The average molecular weight is 526 g/mol. The van der Waals surface area contributed by atoms with E-state index in [0.717, 1.165) is 10.5 Å². The predicted octanol–water partition coefficient (Wildman–Crippen LogP) is 5.35. The lowest BCUT2D eigenvalue weighted by molar-refractivity contribution is -0.120. The quantitative estimate of drug-likeness (QED) is 0.403. The second-order valence-electron chi connectivity index (χ2n) is 7.79. The zero-order chi connectivity index (χ0) is 26.0. The summed E-state index contributed by atoms with van der Waals surface area (Å²) in [6.45, 7) is 1.80. The molecule has 0 atom stereocenters.